The van der Waals surface area contributed by atoms with Gasteiger partial charge in [-0.2, -0.15) is 5.10 Å². The summed E-state index contributed by atoms with van der Waals surface area (Å²) in [6.45, 7) is 3.40. The second-order valence-corrected chi connectivity index (χ2v) is 6.63. The summed E-state index contributed by atoms with van der Waals surface area (Å²) >= 11 is 0. The SMILES string of the molecule is Cl.NCCCN1C(=O)CC[C@H]2CN(C(=O)CCn3cncn3)CC[C@H]21. The normalized spacial score (nSPS) is 23.2. The summed E-state index contributed by atoms with van der Waals surface area (Å²) in [5, 5.41) is 4.03. The Balaban J connectivity index is 0.00000225. The fourth-order valence-electron chi connectivity index (χ4n) is 3.85. The number of hydrogen-bond donors (Lipinski definition) is 1. The number of nitrogens with two attached hydrogens (primary N) is 1. The van der Waals surface area contributed by atoms with E-state index in [4.69, 9.17) is 5.73 Å². The molecular formula is C16H27ClN6O2. The standard InChI is InChI=1S/C16H26N6O2.ClH/c17-6-1-7-22-14-4-8-20(10-13(14)2-3-16(22)24)15(23)5-9-21-12-18-11-19-21;/h11-14H,1-10,17H2;1H/t13-,14+;/m0./s1. The summed E-state index contributed by atoms with van der Waals surface area (Å²) in [6.07, 6.45) is 6.73. The molecule has 0 saturated carbocycles. The van der Waals surface area contributed by atoms with Crippen molar-refractivity contribution >= 4 is 24.2 Å². The van der Waals surface area contributed by atoms with Crippen LogP contribution in [0.4, 0.5) is 0 Å². The van der Waals surface area contributed by atoms with Gasteiger partial charge in [-0.1, -0.05) is 0 Å². The largest absolute Gasteiger partial charge is 0.342 e. The Morgan fingerprint density at radius 2 is 2.16 bits per heavy atom. The molecule has 2 aliphatic rings. The molecule has 140 valence electrons. The molecule has 3 rings (SSSR count). The van der Waals surface area contributed by atoms with E-state index in [0.717, 1.165) is 38.9 Å². The molecule has 3 heterocycles. The Labute approximate surface area is 154 Å². The van der Waals surface area contributed by atoms with Gasteiger partial charge in [-0.15, -0.1) is 12.4 Å². The molecule has 2 amide bonds. The van der Waals surface area contributed by atoms with Crippen molar-refractivity contribution in [1.82, 2.24) is 24.6 Å². The maximum atomic E-state index is 12.5. The lowest BCUT2D eigenvalue weighted by atomic mass is 9.83. The fourth-order valence-corrected chi connectivity index (χ4v) is 3.85. The van der Waals surface area contributed by atoms with Crippen LogP contribution in [-0.2, 0) is 16.1 Å². The first-order chi connectivity index (χ1) is 11.7. The van der Waals surface area contributed by atoms with Gasteiger partial charge in [0.2, 0.25) is 11.8 Å². The average molecular weight is 371 g/mol. The van der Waals surface area contributed by atoms with Crippen LogP contribution in [0.1, 0.15) is 32.1 Å². The highest BCUT2D eigenvalue weighted by Gasteiger charge is 2.39. The number of nitrogens with zero attached hydrogens (tertiary/aromatic N) is 5. The monoisotopic (exact) mass is 370 g/mol. The van der Waals surface area contributed by atoms with Crippen molar-refractivity contribution in [3.05, 3.63) is 12.7 Å². The van der Waals surface area contributed by atoms with Gasteiger partial charge in [0, 0.05) is 38.5 Å². The summed E-state index contributed by atoms with van der Waals surface area (Å²) in [6, 6.07) is 0.275. The van der Waals surface area contributed by atoms with Crippen molar-refractivity contribution in [3.8, 4) is 0 Å². The second-order valence-electron chi connectivity index (χ2n) is 6.63. The highest BCUT2D eigenvalue weighted by atomic mass is 35.5. The molecular weight excluding hydrogens is 344 g/mol. The molecule has 8 nitrogen and oxygen atoms in total. The molecule has 0 radical (unpaired) electrons. The van der Waals surface area contributed by atoms with Gasteiger partial charge >= 0.3 is 0 Å². The molecule has 1 aromatic rings. The zero-order chi connectivity index (χ0) is 16.9. The van der Waals surface area contributed by atoms with E-state index in [1.807, 2.05) is 9.80 Å². The number of halogens is 1. The minimum absolute atomic E-state index is 0. The summed E-state index contributed by atoms with van der Waals surface area (Å²) in [5.74, 6) is 0.801. The van der Waals surface area contributed by atoms with Gasteiger partial charge in [0.1, 0.15) is 12.7 Å². The van der Waals surface area contributed by atoms with Crippen molar-refractivity contribution < 1.29 is 9.59 Å². The third-order valence-electron chi connectivity index (χ3n) is 5.12. The predicted molar refractivity (Wildman–Crippen MR) is 95.0 cm³/mol. The summed E-state index contributed by atoms with van der Waals surface area (Å²) in [5.41, 5.74) is 5.59. The van der Waals surface area contributed by atoms with Crippen LogP contribution in [0.25, 0.3) is 0 Å². The smallest absolute Gasteiger partial charge is 0.224 e. The number of aryl methyl sites for hydroxylation is 1. The van der Waals surface area contributed by atoms with Gasteiger partial charge in [0.05, 0.1) is 6.54 Å². The third-order valence-corrected chi connectivity index (χ3v) is 5.12. The van der Waals surface area contributed by atoms with E-state index in [9.17, 15) is 9.59 Å². The van der Waals surface area contributed by atoms with Crippen molar-refractivity contribution in [2.24, 2.45) is 11.7 Å². The van der Waals surface area contributed by atoms with Crippen LogP contribution in [0, 0.1) is 5.92 Å². The Bertz CT molecular complexity index is 567. The van der Waals surface area contributed by atoms with E-state index in [-0.39, 0.29) is 30.3 Å². The molecule has 9 heteroatoms. The number of amides is 2. The lowest BCUT2D eigenvalue weighted by Gasteiger charge is -2.47. The number of carbonyl (C=O) groups excluding carboxylic acids is 2. The molecule has 2 fully saturated rings. The van der Waals surface area contributed by atoms with E-state index in [2.05, 4.69) is 10.1 Å². The van der Waals surface area contributed by atoms with Crippen molar-refractivity contribution in [2.45, 2.75) is 44.7 Å². The Morgan fingerprint density at radius 1 is 1.32 bits per heavy atom. The third kappa shape index (κ3) is 4.70. The minimum Gasteiger partial charge on any atom is -0.342 e. The van der Waals surface area contributed by atoms with Crippen LogP contribution in [0.5, 0.6) is 0 Å². The number of carbonyl (C=O) groups is 2. The Kier molecular flexibility index (Phi) is 7.19. The highest BCUT2D eigenvalue weighted by Crippen LogP contribution is 2.31. The Morgan fingerprint density at radius 3 is 2.88 bits per heavy atom. The molecule has 2 saturated heterocycles. The maximum absolute atomic E-state index is 12.5. The number of piperidine rings is 2. The number of hydrogen-bond acceptors (Lipinski definition) is 5. The van der Waals surface area contributed by atoms with E-state index in [1.54, 1.807) is 11.0 Å². The molecule has 0 spiro atoms. The van der Waals surface area contributed by atoms with Crippen molar-refractivity contribution in [3.63, 3.8) is 0 Å². The molecule has 0 bridgehead atoms. The average Bonchev–Trinajstić information content (AvgIpc) is 3.12. The number of rotatable bonds is 6. The highest BCUT2D eigenvalue weighted by molar-refractivity contribution is 5.85. The van der Waals surface area contributed by atoms with E-state index in [0.29, 0.717) is 31.8 Å². The van der Waals surface area contributed by atoms with Crippen molar-refractivity contribution in [2.75, 3.05) is 26.2 Å². The first kappa shape index (κ1) is 19.7. The molecule has 25 heavy (non-hydrogen) atoms. The number of likely N-dealkylation sites (tertiary alicyclic amines) is 2. The van der Waals surface area contributed by atoms with Gasteiger partial charge in [-0.05, 0) is 31.7 Å². The molecule has 0 aliphatic carbocycles. The van der Waals surface area contributed by atoms with E-state index < -0.39 is 0 Å². The van der Waals surface area contributed by atoms with Gasteiger partial charge in [-0.25, -0.2) is 4.98 Å². The second kappa shape index (κ2) is 9.15. The lowest BCUT2D eigenvalue weighted by Crippen LogP contribution is -2.57. The first-order valence-electron chi connectivity index (χ1n) is 8.78. The van der Waals surface area contributed by atoms with Crippen LogP contribution in [0.2, 0.25) is 0 Å². The van der Waals surface area contributed by atoms with E-state index >= 15 is 0 Å². The first-order valence-corrected chi connectivity index (χ1v) is 8.78. The lowest BCUT2D eigenvalue weighted by molar-refractivity contribution is -0.144. The fraction of sp³-hybridized carbons (Fsp3) is 0.750. The van der Waals surface area contributed by atoms with Gasteiger partial charge < -0.3 is 15.5 Å². The molecule has 0 aromatic carbocycles. The van der Waals surface area contributed by atoms with E-state index in [1.165, 1.54) is 6.33 Å². The van der Waals surface area contributed by atoms with Crippen LogP contribution in [-0.4, -0.2) is 68.6 Å². The van der Waals surface area contributed by atoms with Gasteiger partial charge in [0.25, 0.3) is 0 Å². The predicted octanol–water partition coefficient (Wildman–Crippen LogP) is 0.278. The van der Waals surface area contributed by atoms with Gasteiger partial charge in [0.15, 0.2) is 0 Å². The number of aromatic nitrogens is 3. The molecule has 0 unspecified atom stereocenters. The van der Waals surface area contributed by atoms with Gasteiger partial charge in [-0.3, -0.25) is 14.3 Å². The summed E-state index contributed by atoms with van der Waals surface area (Å²) in [7, 11) is 0. The molecule has 1 aromatic heterocycles. The molecule has 2 aliphatic heterocycles. The minimum atomic E-state index is 0. The van der Waals surface area contributed by atoms with Crippen LogP contribution in [0.3, 0.4) is 0 Å². The van der Waals surface area contributed by atoms with Crippen LogP contribution >= 0.6 is 12.4 Å². The zero-order valence-electron chi connectivity index (χ0n) is 14.4. The maximum Gasteiger partial charge on any atom is 0.224 e. The molecule has 2 N–H and O–H groups in total. The molecule has 2 atom stereocenters. The quantitative estimate of drug-likeness (QED) is 0.775. The Hall–Kier alpha value is -1.67. The van der Waals surface area contributed by atoms with Crippen LogP contribution < -0.4 is 5.73 Å². The summed E-state index contributed by atoms with van der Waals surface area (Å²) < 4.78 is 1.68. The van der Waals surface area contributed by atoms with Crippen molar-refractivity contribution in [1.29, 1.82) is 0 Å². The summed E-state index contributed by atoms with van der Waals surface area (Å²) in [4.78, 5) is 32.5. The zero-order valence-corrected chi connectivity index (χ0v) is 15.2. The number of fused-ring (bicyclic) bond motifs is 1. The topological polar surface area (TPSA) is 97.3 Å². The van der Waals surface area contributed by atoms with Crippen LogP contribution in [0.15, 0.2) is 12.7 Å².